The Hall–Kier alpha value is -4.04. The summed E-state index contributed by atoms with van der Waals surface area (Å²) in [6, 6.07) is 5.69. The van der Waals surface area contributed by atoms with Gasteiger partial charge in [0.15, 0.2) is 11.2 Å². The smallest absolute Gasteiger partial charge is 0.332 e. The van der Waals surface area contributed by atoms with Crippen molar-refractivity contribution in [1.29, 1.82) is 5.26 Å². The van der Waals surface area contributed by atoms with E-state index in [-0.39, 0.29) is 23.0 Å². The molecule has 11 nitrogen and oxygen atoms in total. The van der Waals surface area contributed by atoms with Gasteiger partial charge >= 0.3 is 5.69 Å². The van der Waals surface area contributed by atoms with Crippen LogP contribution in [-0.2, 0) is 32.0 Å². The molecule has 0 atom stereocenters. The van der Waals surface area contributed by atoms with E-state index in [4.69, 9.17) is 16.0 Å². The molecule has 0 unspecified atom stereocenters. The molecule has 4 heterocycles. The maximum absolute atomic E-state index is 13.0. The van der Waals surface area contributed by atoms with Gasteiger partial charge < -0.3 is 14.3 Å². The number of carbonyl (C=O) groups excluding carboxylic acids is 1. The van der Waals surface area contributed by atoms with Gasteiger partial charge in [-0.2, -0.15) is 10.2 Å². The summed E-state index contributed by atoms with van der Waals surface area (Å²) in [5.74, 6) is 0.442. The van der Waals surface area contributed by atoms with Crippen LogP contribution in [0.4, 0.5) is 5.82 Å². The van der Waals surface area contributed by atoms with E-state index in [9.17, 15) is 19.6 Å². The molecule has 0 aliphatic carbocycles. The lowest BCUT2D eigenvalue weighted by molar-refractivity contribution is -0.116. The summed E-state index contributed by atoms with van der Waals surface area (Å²) in [5.41, 5.74) is 0.782. The zero-order valence-electron chi connectivity index (χ0n) is 18.3. The summed E-state index contributed by atoms with van der Waals surface area (Å²) in [4.78, 5) is 42.0. The molecule has 0 bridgehead atoms. The molecule has 0 aliphatic rings. The molecule has 170 valence electrons. The number of fused-ring (bicyclic) bond motifs is 1. The zero-order chi connectivity index (χ0) is 24.0. The summed E-state index contributed by atoms with van der Waals surface area (Å²) in [6.07, 6.45) is 1.55. The number of aromatic nitrogens is 5. The van der Waals surface area contributed by atoms with Crippen LogP contribution in [0.3, 0.4) is 0 Å². The Morgan fingerprint density at radius 2 is 1.97 bits per heavy atom. The highest BCUT2D eigenvalue weighted by Crippen LogP contribution is 2.27. The van der Waals surface area contributed by atoms with Crippen LogP contribution in [0.25, 0.3) is 11.2 Å². The van der Waals surface area contributed by atoms with Gasteiger partial charge in [-0.05, 0) is 43.1 Å². The standard InChI is InChI=1S/C21H20ClN7O4/c1-11-12(2)28(9-13-6-5-7-33-13)17(14(11)8-23)24-15(30)10-29-16-18(25-20(29)22)26(3)21(32)27(4)19(16)31/h5-7H,9-10H2,1-4H3,(H,24,30). The van der Waals surface area contributed by atoms with E-state index in [2.05, 4.69) is 16.4 Å². The topological polar surface area (TPSA) is 133 Å². The molecule has 1 amide bonds. The molecule has 0 aromatic carbocycles. The Labute approximate surface area is 192 Å². The second kappa shape index (κ2) is 8.14. The van der Waals surface area contributed by atoms with E-state index in [0.717, 1.165) is 15.8 Å². The first-order valence-electron chi connectivity index (χ1n) is 9.89. The fraction of sp³-hybridized carbons (Fsp3) is 0.286. The predicted molar refractivity (Wildman–Crippen MR) is 120 cm³/mol. The summed E-state index contributed by atoms with van der Waals surface area (Å²) < 4.78 is 10.5. The predicted octanol–water partition coefficient (Wildman–Crippen LogP) is 1.66. The van der Waals surface area contributed by atoms with Crippen LogP contribution in [0.2, 0.25) is 5.28 Å². The molecular formula is C21H20ClN7O4. The summed E-state index contributed by atoms with van der Waals surface area (Å²) in [7, 11) is 2.80. The summed E-state index contributed by atoms with van der Waals surface area (Å²) in [6.45, 7) is 3.61. The number of imidazole rings is 1. The monoisotopic (exact) mass is 469 g/mol. The first-order chi connectivity index (χ1) is 15.6. The lowest BCUT2D eigenvalue weighted by atomic mass is 10.2. The molecule has 1 N–H and O–H groups in total. The lowest BCUT2D eigenvalue weighted by Crippen LogP contribution is -2.38. The van der Waals surface area contributed by atoms with Gasteiger partial charge in [0.1, 0.15) is 24.2 Å². The minimum Gasteiger partial charge on any atom is -0.467 e. The van der Waals surface area contributed by atoms with Crippen LogP contribution in [-0.4, -0.2) is 29.2 Å². The average molecular weight is 470 g/mol. The molecule has 0 radical (unpaired) electrons. The van der Waals surface area contributed by atoms with Gasteiger partial charge in [-0.15, -0.1) is 0 Å². The number of nitrogens with one attached hydrogen (secondary N) is 1. The van der Waals surface area contributed by atoms with E-state index >= 15 is 0 Å². The van der Waals surface area contributed by atoms with Gasteiger partial charge in [0.2, 0.25) is 11.2 Å². The van der Waals surface area contributed by atoms with Gasteiger partial charge in [-0.1, -0.05) is 0 Å². The summed E-state index contributed by atoms with van der Waals surface area (Å²) in [5, 5.41) is 12.3. The first kappa shape index (κ1) is 22.2. The lowest BCUT2D eigenvalue weighted by Gasteiger charge is -2.13. The highest BCUT2D eigenvalue weighted by molar-refractivity contribution is 6.29. The van der Waals surface area contributed by atoms with Crippen molar-refractivity contribution in [3.05, 3.63) is 67.1 Å². The van der Waals surface area contributed by atoms with Gasteiger partial charge in [-0.25, -0.2) is 4.79 Å². The Balaban J connectivity index is 1.74. The number of furan rings is 1. The van der Waals surface area contributed by atoms with Crippen molar-refractivity contribution in [1.82, 2.24) is 23.3 Å². The Morgan fingerprint density at radius 1 is 1.24 bits per heavy atom. The highest BCUT2D eigenvalue weighted by Gasteiger charge is 2.23. The molecule has 0 saturated heterocycles. The molecule has 12 heteroatoms. The summed E-state index contributed by atoms with van der Waals surface area (Å²) >= 11 is 6.22. The number of hydrogen-bond donors (Lipinski definition) is 1. The van der Waals surface area contributed by atoms with Crippen LogP contribution in [0.5, 0.6) is 0 Å². The van der Waals surface area contributed by atoms with Crippen molar-refractivity contribution in [2.24, 2.45) is 14.1 Å². The number of anilines is 1. The van der Waals surface area contributed by atoms with Gasteiger partial charge in [0, 0.05) is 19.8 Å². The molecular weight excluding hydrogens is 450 g/mol. The van der Waals surface area contributed by atoms with Crippen LogP contribution < -0.4 is 16.6 Å². The van der Waals surface area contributed by atoms with E-state index in [1.807, 2.05) is 6.92 Å². The largest absolute Gasteiger partial charge is 0.467 e. The third kappa shape index (κ3) is 3.54. The average Bonchev–Trinajstić information content (AvgIpc) is 3.46. The van der Waals surface area contributed by atoms with Crippen LogP contribution in [0.1, 0.15) is 22.6 Å². The first-order valence-corrected chi connectivity index (χ1v) is 10.3. The number of halogens is 1. The minimum absolute atomic E-state index is 0.0265. The molecule has 0 spiro atoms. The molecule has 4 aromatic heterocycles. The molecule has 4 rings (SSSR count). The number of nitrogens with zero attached hydrogens (tertiary/aromatic N) is 6. The van der Waals surface area contributed by atoms with Gasteiger partial charge in [0.05, 0.1) is 18.4 Å². The number of aryl methyl sites for hydroxylation is 1. The molecule has 4 aromatic rings. The fourth-order valence-corrected chi connectivity index (χ4v) is 3.99. The maximum atomic E-state index is 13.0. The maximum Gasteiger partial charge on any atom is 0.332 e. The molecule has 0 aliphatic heterocycles. The quantitative estimate of drug-likeness (QED) is 0.442. The number of amides is 1. The minimum atomic E-state index is -0.620. The van der Waals surface area contributed by atoms with Crippen LogP contribution >= 0.6 is 11.6 Å². The SMILES string of the molecule is Cc1c(C#N)c(NC(=O)Cn2c(Cl)nc3c2c(=O)n(C)c(=O)n3C)n(Cc2ccco2)c1C. The van der Waals surface area contributed by atoms with Crippen molar-refractivity contribution < 1.29 is 9.21 Å². The van der Waals surface area contributed by atoms with Crippen molar-refractivity contribution >= 4 is 34.5 Å². The Bertz CT molecular complexity index is 1560. The van der Waals surface area contributed by atoms with E-state index in [1.165, 1.54) is 23.2 Å². The van der Waals surface area contributed by atoms with Crippen molar-refractivity contribution in [3.8, 4) is 6.07 Å². The van der Waals surface area contributed by atoms with Crippen molar-refractivity contribution in [2.45, 2.75) is 26.9 Å². The van der Waals surface area contributed by atoms with E-state index in [0.29, 0.717) is 23.7 Å². The van der Waals surface area contributed by atoms with Crippen LogP contribution in [0.15, 0.2) is 32.4 Å². The second-order valence-electron chi connectivity index (χ2n) is 7.60. The third-order valence-electron chi connectivity index (χ3n) is 5.70. The zero-order valence-corrected chi connectivity index (χ0v) is 19.1. The number of rotatable bonds is 5. The van der Waals surface area contributed by atoms with Crippen LogP contribution in [0, 0.1) is 25.2 Å². The highest BCUT2D eigenvalue weighted by atomic mass is 35.5. The normalized spacial score (nSPS) is 11.2. The number of carbonyl (C=O) groups is 1. The number of nitriles is 1. The van der Waals surface area contributed by atoms with E-state index in [1.54, 1.807) is 29.9 Å². The van der Waals surface area contributed by atoms with Gasteiger partial charge in [0.25, 0.3) is 5.56 Å². The van der Waals surface area contributed by atoms with Crippen molar-refractivity contribution in [3.63, 3.8) is 0 Å². The Kier molecular flexibility index (Phi) is 5.47. The second-order valence-corrected chi connectivity index (χ2v) is 7.94. The van der Waals surface area contributed by atoms with Crippen molar-refractivity contribution in [2.75, 3.05) is 5.32 Å². The third-order valence-corrected chi connectivity index (χ3v) is 5.98. The molecule has 0 saturated carbocycles. The Morgan fingerprint density at radius 3 is 2.61 bits per heavy atom. The van der Waals surface area contributed by atoms with E-state index < -0.39 is 17.2 Å². The molecule has 0 fully saturated rings. The molecule has 33 heavy (non-hydrogen) atoms. The van der Waals surface area contributed by atoms with Gasteiger partial charge in [-0.3, -0.25) is 23.3 Å². The fourth-order valence-electron chi connectivity index (χ4n) is 3.77. The number of hydrogen-bond acceptors (Lipinski definition) is 6.